The van der Waals surface area contributed by atoms with E-state index in [2.05, 4.69) is 0 Å². The summed E-state index contributed by atoms with van der Waals surface area (Å²) >= 11 is 6.15. The van der Waals surface area contributed by atoms with Gasteiger partial charge in [0.25, 0.3) is 5.91 Å². The largest absolute Gasteiger partial charge is 0.397 e. The molecule has 0 aromatic heterocycles. The number of aryl methyl sites for hydroxylation is 1. The van der Waals surface area contributed by atoms with Crippen LogP contribution in [0.5, 0.6) is 0 Å². The maximum atomic E-state index is 12.7. The number of rotatable bonds is 4. The molecule has 0 aliphatic heterocycles. The molecular formula is C16H17ClN2O2. The minimum Gasteiger partial charge on any atom is -0.397 e. The number of carbonyl (C=O) groups excluding carboxylic acids is 1. The Labute approximate surface area is 128 Å². The van der Waals surface area contributed by atoms with Crippen molar-refractivity contribution >= 4 is 28.9 Å². The van der Waals surface area contributed by atoms with Crippen molar-refractivity contribution in [2.45, 2.75) is 6.92 Å². The Morgan fingerprint density at radius 3 is 2.62 bits per heavy atom. The zero-order chi connectivity index (χ0) is 15.4. The van der Waals surface area contributed by atoms with Gasteiger partial charge in [-0.25, -0.2) is 0 Å². The number of aliphatic hydroxyl groups excluding tert-OH is 1. The molecule has 0 bridgehead atoms. The first-order valence-electron chi connectivity index (χ1n) is 6.58. The maximum absolute atomic E-state index is 12.7. The second-order valence-corrected chi connectivity index (χ2v) is 5.13. The minimum absolute atomic E-state index is 0.150. The highest BCUT2D eigenvalue weighted by Crippen LogP contribution is 2.26. The van der Waals surface area contributed by atoms with Crippen molar-refractivity contribution < 1.29 is 9.90 Å². The van der Waals surface area contributed by atoms with E-state index >= 15 is 0 Å². The molecule has 5 heteroatoms. The van der Waals surface area contributed by atoms with Gasteiger partial charge in [-0.05, 0) is 36.8 Å². The number of nitrogens with zero attached hydrogens (tertiary/aromatic N) is 1. The quantitative estimate of drug-likeness (QED) is 0.854. The van der Waals surface area contributed by atoms with Crippen molar-refractivity contribution in [3.8, 4) is 0 Å². The van der Waals surface area contributed by atoms with Crippen LogP contribution in [0.2, 0.25) is 5.02 Å². The lowest BCUT2D eigenvalue weighted by Gasteiger charge is -2.24. The summed E-state index contributed by atoms with van der Waals surface area (Å²) in [6.45, 7) is 1.89. The SMILES string of the molecule is Cc1ccc(C(=O)N(CCO)c2ccccc2N)c(Cl)c1. The normalized spacial score (nSPS) is 10.4. The number of halogens is 1. The molecule has 0 saturated heterocycles. The van der Waals surface area contributed by atoms with Crippen LogP contribution in [0.15, 0.2) is 42.5 Å². The number of amides is 1. The van der Waals surface area contributed by atoms with Gasteiger partial charge in [0.2, 0.25) is 0 Å². The molecule has 0 heterocycles. The van der Waals surface area contributed by atoms with E-state index in [0.717, 1.165) is 5.56 Å². The lowest BCUT2D eigenvalue weighted by Crippen LogP contribution is -2.34. The molecule has 0 fully saturated rings. The smallest absolute Gasteiger partial charge is 0.259 e. The van der Waals surface area contributed by atoms with Crippen molar-refractivity contribution in [2.24, 2.45) is 0 Å². The highest BCUT2D eigenvalue weighted by Gasteiger charge is 2.21. The molecule has 3 N–H and O–H groups in total. The Morgan fingerprint density at radius 2 is 2.00 bits per heavy atom. The van der Waals surface area contributed by atoms with Crippen molar-refractivity contribution in [2.75, 3.05) is 23.8 Å². The van der Waals surface area contributed by atoms with Gasteiger partial charge in [0, 0.05) is 6.54 Å². The molecular weight excluding hydrogens is 288 g/mol. The number of hydrogen-bond donors (Lipinski definition) is 2. The van der Waals surface area contributed by atoms with E-state index in [9.17, 15) is 9.90 Å². The molecule has 0 aliphatic carbocycles. The van der Waals surface area contributed by atoms with Crippen LogP contribution in [-0.2, 0) is 0 Å². The van der Waals surface area contributed by atoms with E-state index in [1.165, 1.54) is 4.90 Å². The third-order valence-electron chi connectivity index (χ3n) is 3.15. The fourth-order valence-electron chi connectivity index (χ4n) is 2.10. The molecule has 2 aromatic rings. The molecule has 2 aromatic carbocycles. The summed E-state index contributed by atoms with van der Waals surface area (Å²) < 4.78 is 0. The van der Waals surface area contributed by atoms with Gasteiger partial charge in [0.15, 0.2) is 0 Å². The van der Waals surface area contributed by atoms with Gasteiger partial charge < -0.3 is 15.7 Å². The highest BCUT2D eigenvalue weighted by molar-refractivity contribution is 6.34. The predicted octanol–water partition coefficient (Wildman–Crippen LogP) is 2.87. The van der Waals surface area contributed by atoms with Gasteiger partial charge in [-0.2, -0.15) is 0 Å². The Bertz CT molecular complexity index is 658. The predicted molar refractivity (Wildman–Crippen MR) is 85.8 cm³/mol. The zero-order valence-corrected chi connectivity index (χ0v) is 12.5. The van der Waals surface area contributed by atoms with Crippen LogP contribution in [0.3, 0.4) is 0 Å². The summed E-state index contributed by atoms with van der Waals surface area (Å²) in [7, 11) is 0. The number of aliphatic hydroxyl groups is 1. The van der Waals surface area contributed by atoms with Crippen molar-refractivity contribution in [3.05, 3.63) is 58.6 Å². The van der Waals surface area contributed by atoms with Crippen molar-refractivity contribution in [1.29, 1.82) is 0 Å². The summed E-state index contributed by atoms with van der Waals surface area (Å²) in [6, 6.07) is 12.3. The van der Waals surface area contributed by atoms with Crippen LogP contribution in [-0.4, -0.2) is 24.2 Å². The molecule has 110 valence electrons. The molecule has 0 radical (unpaired) electrons. The maximum Gasteiger partial charge on any atom is 0.259 e. The van der Waals surface area contributed by atoms with Crippen LogP contribution in [0.25, 0.3) is 0 Å². The molecule has 0 aliphatic rings. The van der Waals surface area contributed by atoms with E-state index in [1.807, 2.05) is 13.0 Å². The number of para-hydroxylation sites is 2. The first kappa shape index (κ1) is 15.4. The van der Waals surface area contributed by atoms with E-state index in [4.69, 9.17) is 17.3 Å². The van der Waals surface area contributed by atoms with Gasteiger partial charge in [-0.3, -0.25) is 4.79 Å². The molecule has 21 heavy (non-hydrogen) atoms. The van der Waals surface area contributed by atoms with Gasteiger partial charge in [0.05, 0.1) is 28.6 Å². The van der Waals surface area contributed by atoms with Crippen LogP contribution in [0, 0.1) is 6.92 Å². The standard InChI is InChI=1S/C16H17ClN2O2/c1-11-6-7-12(13(17)10-11)16(21)19(8-9-20)15-5-3-2-4-14(15)18/h2-7,10,20H,8-9,18H2,1H3. The molecule has 0 atom stereocenters. The third-order valence-corrected chi connectivity index (χ3v) is 3.46. The average Bonchev–Trinajstić information content (AvgIpc) is 2.45. The van der Waals surface area contributed by atoms with Crippen LogP contribution >= 0.6 is 11.6 Å². The Kier molecular flexibility index (Phi) is 4.83. The van der Waals surface area contributed by atoms with Gasteiger partial charge in [0.1, 0.15) is 0 Å². The number of nitrogen functional groups attached to an aromatic ring is 1. The molecule has 1 amide bonds. The van der Waals surface area contributed by atoms with Gasteiger partial charge >= 0.3 is 0 Å². The lowest BCUT2D eigenvalue weighted by atomic mass is 10.1. The molecule has 4 nitrogen and oxygen atoms in total. The fraction of sp³-hybridized carbons (Fsp3) is 0.188. The second kappa shape index (κ2) is 6.61. The van der Waals surface area contributed by atoms with Crippen molar-refractivity contribution in [1.82, 2.24) is 0 Å². The van der Waals surface area contributed by atoms with Crippen molar-refractivity contribution in [3.63, 3.8) is 0 Å². The lowest BCUT2D eigenvalue weighted by molar-refractivity contribution is 0.0981. The first-order chi connectivity index (χ1) is 10.0. The number of benzene rings is 2. The zero-order valence-electron chi connectivity index (χ0n) is 11.7. The van der Waals surface area contributed by atoms with E-state index in [-0.39, 0.29) is 19.1 Å². The topological polar surface area (TPSA) is 66.6 Å². The summed E-state index contributed by atoms with van der Waals surface area (Å²) in [5, 5.41) is 9.62. The second-order valence-electron chi connectivity index (χ2n) is 4.72. The Morgan fingerprint density at radius 1 is 1.29 bits per heavy atom. The van der Waals surface area contributed by atoms with E-state index < -0.39 is 0 Å². The monoisotopic (exact) mass is 304 g/mol. The average molecular weight is 305 g/mol. The molecule has 0 saturated carbocycles. The molecule has 2 rings (SSSR count). The number of anilines is 2. The molecule has 0 spiro atoms. The van der Waals surface area contributed by atoms with Crippen LogP contribution in [0.1, 0.15) is 15.9 Å². The number of nitrogens with two attached hydrogens (primary N) is 1. The summed E-state index contributed by atoms with van der Waals surface area (Å²) in [4.78, 5) is 14.1. The van der Waals surface area contributed by atoms with Crippen LogP contribution < -0.4 is 10.6 Å². The highest BCUT2D eigenvalue weighted by atomic mass is 35.5. The fourth-order valence-corrected chi connectivity index (χ4v) is 2.42. The minimum atomic E-state index is -0.285. The number of carbonyl (C=O) groups is 1. The summed E-state index contributed by atoms with van der Waals surface area (Å²) in [6.07, 6.45) is 0. The Balaban J connectivity index is 2.43. The summed E-state index contributed by atoms with van der Waals surface area (Å²) in [5.41, 5.74) is 8.32. The summed E-state index contributed by atoms with van der Waals surface area (Å²) in [5.74, 6) is -0.285. The molecule has 0 unspecified atom stereocenters. The van der Waals surface area contributed by atoms with Gasteiger partial charge in [-0.15, -0.1) is 0 Å². The Hall–Kier alpha value is -2.04. The van der Waals surface area contributed by atoms with Gasteiger partial charge in [-0.1, -0.05) is 29.8 Å². The number of hydrogen-bond acceptors (Lipinski definition) is 3. The first-order valence-corrected chi connectivity index (χ1v) is 6.95. The third kappa shape index (κ3) is 3.35. The van der Waals surface area contributed by atoms with Crippen LogP contribution in [0.4, 0.5) is 11.4 Å². The van der Waals surface area contributed by atoms with E-state index in [0.29, 0.717) is 22.0 Å². The van der Waals surface area contributed by atoms with E-state index in [1.54, 1.807) is 36.4 Å².